The summed E-state index contributed by atoms with van der Waals surface area (Å²) in [6, 6.07) is 5.86. The second kappa shape index (κ2) is 8.81. The van der Waals surface area contributed by atoms with Gasteiger partial charge in [0.25, 0.3) is 5.56 Å². The molecule has 0 saturated heterocycles. The van der Waals surface area contributed by atoms with Gasteiger partial charge in [0.2, 0.25) is 0 Å². The lowest BCUT2D eigenvalue weighted by Crippen LogP contribution is -2.16. The SMILES string of the molecule is CC.CCCC(C)/C(C)=C/C1=CC(C)c2nc(=O)c3c(Br)cccc3n21. The van der Waals surface area contributed by atoms with E-state index in [0.717, 1.165) is 21.5 Å². The van der Waals surface area contributed by atoms with Crippen LogP contribution in [0, 0.1) is 5.92 Å². The van der Waals surface area contributed by atoms with Gasteiger partial charge < -0.3 is 0 Å². The van der Waals surface area contributed by atoms with E-state index in [1.807, 2.05) is 32.0 Å². The molecular weight excluding hydrogens is 388 g/mol. The Bertz CT molecular complexity index is 908. The Hall–Kier alpha value is -1.68. The number of halogens is 1. The third-order valence-electron chi connectivity index (χ3n) is 4.85. The molecule has 0 spiro atoms. The van der Waals surface area contributed by atoms with E-state index >= 15 is 0 Å². The van der Waals surface area contributed by atoms with Gasteiger partial charge in [-0.25, -0.2) is 0 Å². The third-order valence-corrected chi connectivity index (χ3v) is 5.51. The highest BCUT2D eigenvalue weighted by Gasteiger charge is 2.24. The Balaban J connectivity index is 0.00000117. The van der Waals surface area contributed by atoms with E-state index in [9.17, 15) is 4.79 Å². The van der Waals surface area contributed by atoms with Gasteiger partial charge in [0.05, 0.1) is 10.9 Å². The highest BCUT2D eigenvalue weighted by molar-refractivity contribution is 9.10. The van der Waals surface area contributed by atoms with Gasteiger partial charge in [0.15, 0.2) is 0 Å². The van der Waals surface area contributed by atoms with Crippen LogP contribution < -0.4 is 5.56 Å². The summed E-state index contributed by atoms with van der Waals surface area (Å²) in [5.74, 6) is 1.52. The predicted molar refractivity (Wildman–Crippen MR) is 116 cm³/mol. The first-order valence-corrected chi connectivity index (χ1v) is 10.3. The summed E-state index contributed by atoms with van der Waals surface area (Å²) in [5, 5.41) is 0.647. The summed E-state index contributed by atoms with van der Waals surface area (Å²) < 4.78 is 2.93. The van der Waals surface area contributed by atoms with E-state index in [1.54, 1.807) is 0 Å². The molecule has 4 heteroatoms. The Morgan fingerprint density at radius 2 is 2.08 bits per heavy atom. The molecule has 3 rings (SSSR count). The van der Waals surface area contributed by atoms with E-state index in [4.69, 9.17) is 0 Å². The Morgan fingerprint density at radius 1 is 1.38 bits per heavy atom. The number of allylic oxidation sites excluding steroid dienone is 4. The number of hydrogen-bond acceptors (Lipinski definition) is 2. The molecule has 1 aromatic heterocycles. The zero-order valence-corrected chi connectivity index (χ0v) is 18.2. The summed E-state index contributed by atoms with van der Waals surface area (Å²) in [4.78, 5) is 16.8. The molecule has 0 aliphatic carbocycles. The van der Waals surface area contributed by atoms with Crippen LogP contribution in [-0.2, 0) is 0 Å². The van der Waals surface area contributed by atoms with Crippen molar-refractivity contribution in [3.8, 4) is 0 Å². The number of nitrogens with zero attached hydrogens (tertiary/aromatic N) is 2. The lowest BCUT2D eigenvalue weighted by Gasteiger charge is -2.15. The molecule has 140 valence electrons. The molecule has 1 aliphatic heterocycles. The maximum absolute atomic E-state index is 12.4. The van der Waals surface area contributed by atoms with E-state index in [-0.39, 0.29) is 11.5 Å². The minimum Gasteiger partial charge on any atom is -0.297 e. The van der Waals surface area contributed by atoms with Gasteiger partial charge in [0.1, 0.15) is 5.82 Å². The highest BCUT2D eigenvalue weighted by atomic mass is 79.9. The number of hydrogen-bond donors (Lipinski definition) is 0. The molecule has 2 aromatic rings. The lowest BCUT2D eigenvalue weighted by atomic mass is 9.97. The van der Waals surface area contributed by atoms with Crippen LogP contribution in [0.4, 0.5) is 0 Å². The van der Waals surface area contributed by atoms with E-state index in [2.05, 4.69) is 65.3 Å². The van der Waals surface area contributed by atoms with Crippen LogP contribution in [0.5, 0.6) is 0 Å². The number of rotatable bonds is 4. The summed E-state index contributed by atoms with van der Waals surface area (Å²) in [6.45, 7) is 12.8. The summed E-state index contributed by atoms with van der Waals surface area (Å²) in [5.41, 5.74) is 3.24. The molecule has 3 nitrogen and oxygen atoms in total. The number of benzene rings is 1. The van der Waals surface area contributed by atoms with E-state index in [1.165, 1.54) is 18.4 Å². The van der Waals surface area contributed by atoms with Crippen molar-refractivity contribution < 1.29 is 0 Å². The minimum atomic E-state index is -0.162. The molecular formula is C22H29BrN2O. The highest BCUT2D eigenvalue weighted by Crippen LogP contribution is 2.34. The molecule has 2 heterocycles. The van der Waals surface area contributed by atoms with Crippen LogP contribution in [0.15, 0.2) is 45.2 Å². The van der Waals surface area contributed by atoms with Gasteiger partial charge in [-0.05, 0) is 59.5 Å². The minimum absolute atomic E-state index is 0.140. The fraction of sp³-hybridized carbons (Fsp3) is 0.455. The molecule has 0 N–H and O–H groups in total. The molecule has 1 aromatic carbocycles. The van der Waals surface area contributed by atoms with Crippen LogP contribution in [0.2, 0.25) is 0 Å². The average molecular weight is 417 g/mol. The maximum Gasteiger partial charge on any atom is 0.281 e. The fourth-order valence-corrected chi connectivity index (χ4v) is 3.90. The molecule has 0 amide bonds. The van der Waals surface area contributed by atoms with Crippen LogP contribution in [0.25, 0.3) is 16.6 Å². The van der Waals surface area contributed by atoms with E-state index < -0.39 is 0 Å². The summed E-state index contributed by atoms with van der Waals surface area (Å²) >= 11 is 3.50. The van der Waals surface area contributed by atoms with Gasteiger partial charge in [-0.1, -0.05) is 52.7 Å². The second-order valence-corrected chi connectivity index (χ2v) is 7.56. The second-order valence-electron chi connectivity index (χ2n) is 6.70. The Morgan fingerprint density at radius 3 is 2.73 bits per heavy atom. The monoisotopic (exact) mass is 416 g/mol. The first-order chi connectivity index (χ1) is 12.4. The topological polar surface area (TPSA) is 34.9 Å². The first-order valence-electron chi connectivity index (χ1n) is 9.55. The third kappa shape index (κ3) is 3.85. The summed E-state index contributed by atoms with van der Waals surface area (Å²) in [6.07, 6.45) is 6.82. The van der Waals surface area contributed by atoms with Crippen molar-refractivity contribution in [2.24, 2.45) is 5.92 Å². The zero-order chi connectivity index (χ0) is 19.4. The predicted octanol–water partition coefficient (Wildman–Crippen LogP) is 6.53. The van der Waals surface area contributed by atoms with Crippen molar-refractivity contribution in [1.29, 1.82) is 0 Å². The quantitative estimate of drug-likeness (QED) is 0.567. The van der Waals surface area contributed by atoms with Gasteiger partial charge in [-0.2, -0.15) is 4.98 Å². The van der Waals surface area contributed by atoms with Crippen molar-refractivity contribution in [2.45, 2.75) is 60.3 Å². The maximum atomic E-state index is 12.4. The van der Waals surface area contributed by atoms with Gasteiger partial charge >= 0.3 is 0 Å². The van der Waals surface area contributed by atoms with Crippen LogP contribution in [0.3, 0.4) is 0 Å². The Labute approximate surface area is 165 Å². The molecule has 0 saturated carbocycles. The number of fused-ring (bicyclic) bond motifs is 3. The molecule has 26 heavy (non-hydrogen) atoms. The number of aromatic nitrogens is 2. The molecule has 0 radical (unpaired) electrons. The largest absolute Gasteiger partial charge is 0.297 e. The average Bonchev–Trinajstić information content (AvgIpc) is 2.92. The normalized spacial score (nSPS) is 17.4. The van der Waals surface area contributed by atoms with Crippen molar-refractivity contribution >= 4 is 32.5 Å². The smallest absolute Gasteiger partial charge is 0.281 e. The molecule has 0 fully saturated rings. The van der Waals surface area contributed by atoms with Crippen LogP contribution in [-0.4, -0.2) is 9.55 Å². The molecule has 0 bridgehead atoms. The lowest BCUT2D eigenvalue weighted by molar-refractivity contribution is 0.601. The fourth-order valence-electron chi connectivity index (χ4n) is 3.38. The molecule has 1 aliphatic rings. The zero-order valence-electron chi connectivity index (χ0n) is 16.6. The van der Waals surface area contributed by atoms with Crippen molar-refractivity contribution in [2.75, 3.05) is 0 Å². The van der Waals surface area contributed by atoms with Gasteiger partial charge in [-0.15, -0.1) is 0 Å². The summed E-state index contributed by atoms with van der Waals surface area (Å²) in [7, 11) is 0. The van der Waals surface area contributed by atoms with Crippen LogP contribution >= 0.6 is 15.9 Å². The van der Waals surface area contributed by atoms with Crippen LogP contribution in [0.1, 0.15) is 66.1 Å². The van der Waals surface area contributed by atoms with Crippen molar-refractivity contribution in [1.82, 2.24) is 9.55 Å². The van der Waals surface area contributed by atoms with Gasteiger partial charge in [0, 0.05) is 16.1 Å². The van der Waals surface area contributed by atoms with E-state index in [0.29, 0.717) is 11.3 Å². The van der Waals surface area contributed by atoms with Crippen molar-refractivity contribution in [3.63, 3.8) is 0 Å². The molecule has 2 atom stereocenters. The standard InChI is InChI=1S/C20H23BrN2O.C2H6/c1-5-7-12(2)13(3)10-15-11-14(4)19-22-20(24)18-16(21)8-6-9-17(18)23(15)19;1-2/h6,8-12,14H,5,7H2,1-4H3;1-2H3/b13-10+;. The Kier molecular flexibility index (Phi) is 6.99. The van der Waals surface area contributed by atoms with Gasteiger partial charge in [-0.3, -0.25) is 9.36 Å². The molecule has 2 unspecified atom stereocenters. The van der Waals surface area contributed by atoms with Crippen molar-refractivity contribution in [3.05, 3.63) is 56.6 Å². The first kappa shape index (κ1) is 20.6.